The highest BCUT2D eigenvalue weighted by molar-refractivity contribution is 6.18. The smallest absolute Gasteiger partial charge is 0.254 e. The number of alkyl halides is 2. The van der Waals surface area contributed by atoms with Crippen LogP contribution in [0, 0.1) is 5.82 Å². The zero-order chi connectivity index (χ0) is 13.5. The van der Waals surface area contributed by atoms with Crippen molar-refractivity contribution in [2.24, 2.45) is 0 Å². The lowest BCUT2D eigenvalue weighted by Gasteiger charge is -2.20. The molecule has 0 aliphatic carbocycles. The molecule has 0 atom stereocenters. The van der Waals surface area contributed by atoms with Crippen molar-refractivity contribution in [3.8, 4) is 5.75 Å². The minimum atomic E-state index is -0.504. The van der Waals surface area contributed by atoms with Crippen LogP contribution in [0.15, 0.2) is 18.2 Å². The molecule has 0 unspecified atom stereocenters. The molecule has 0 saturated heterocycles. The molecule has 0 aliphatic heterocycles. The maximum atomic E-state index is 13.2. The van der Waals surface area contributed by atoms with Gasteiger partial charge in [-0.1, -0.05) is 0 Å². The van der Waals surface area contributed by atoms with E-state index in [-0.39, 0.29) is 11.7 Å². The molecule has 0 N–H and O–H groups in total. The molecule has 18 heavy (non-hydrogen) atoms. The molecule has 0 heterocycles. The van der Waals surface area contributed by atoms with Gasteiger partial charge in [-0.25, -0.2) is 4.39 Å². The van der Waals surface area contributed by atoms with Gasteiger partial charge in [-0.15, -0.1) is 23.2 Å². The summed E-state index contributed by atoms with van der Waals surface area (Å²) in [6.07, 6.45) is 0. The number of halogens is 3. The number of methoxy groups -OCH3 is 1. The van der Waals surface area contributed by atoms with E-state index in [0.29, 0.717) is 30.4 Å². The Bertz CT molecular complexity index is 409. The molecule has 0 aromatic heterocycles. The summed E-state index contributed by atoms with van der Waals surface area (Å²) in [6.45, 7) is 0.791. The molecule has 1 aromatic carbocycles. The largest absolute Gasteiger partial charge is 0.494 e. The lowest BCUT2D eigenvalue weighted by Crippen LogP contribution is -2.34. The Labute approximate surface area is 115 Å². The van der Waals surface area contributed by atoms with Gasteiger partial charge < -0.3 is 9.64 Å². The molecule has 0 fully saturated rings. The van der Waals surface area contributed by atoms with E-state index in [4.69, 9.17) is 27.9 Å². The topological polar surface area (TPSA) is 29.5 Å². The third-order valence-corrected chi connectivity index (χ3v) is 2.73. The summed E-state index contributed by atoms with van der Waals surface area (Å²) in [5.74, 6) is -0.0653. The number of amides is 1. The summed E-state index contributed by atoms with van der Waals surface area (Å²) >= 11 is 11.3. The molecule has 6 heteroatoms. The van der Waals surface area contributed by atoms with E-state index in [0.717, 1.165) is 0 Å². The fourth-order valence-electron chi connectivity index (χ4n) is 1.49. The van der Waals surface area contributed by atoms with Crippen molar-refractivity contribution < 1.29 is 13.9 Å². The third kappa shape index (κ3) is 3.75. The Balaban J connectivity index is 2.93. The van der Waals surface area contributed by atoms with Crippen LogP contribution in [0.1, 0.15) is 10.4 Å². The van der Waals surface area contributed by atoms with E-state index in [1.807, 2.05) is 0 Å². The maximum absolute atomic E-state index is 13.2. The van der Waals surface area contributed by atoms with Crippen LogP contribution in [0.3, 0.4) is 0 Å². The van der Waals surface area contributed by atoms with Crippen LogP contribution in [0.25, 0.3) is 0 Å². The Morgan fingerprint density at radius 3 is 2.44 bits per heavy atom. The first-order valence-electron chi connectivity index (χ1n) is 5.38. The summed E-state index contributed by atoms with van der Waals surface area (Å²) in [7, 11) is 1.35. The van der Waals surface area contributed by atoms with Crippen molar-refractivity contribution in [2.75, 3.05) is 32.0 Å². The number of ether oxygens (including phenoxy) is 1. The summed E-state index contributed by atoms with van der Waals surface area (Å²) in [5, 5.41) is 0. The van der Waals surface area contributed by atoms with E-state index in [2.05, 4.69) is 0 Å². The van der Waals surface area contributed by atoms with Crippen LogP contribution in [-0.2, 0) is 0 Å². The van der Waals surface area contributed by atoms with Gasteiger partial charge in [-0.2, -0.15) is 0 Å². The molecule has 0 spiro atoms. The van der Waals surface area contributed by atoms with Gasteiger partial charge in [-0.05, 0) is 18.2 Å². The third-order valence-electron chi connectivity index (χ3n) is 2.39. The normalized spacial score (nSPS) is 10.2. The summed E-state index contributed by atoms with van der Waals surface area (Å²) in [4.78, 5) is 13.7. The molecular weight excluding hydrogens is 280 g/mol. The zero-order valence-corrected chi connectivity index (χ0v) is 11.5. The molecule has 100 valence electrons. The van der Waals surface area contributed by atoms with Crippen LogP contribution in [0.5, 0.6) is 5.75 Å². The second-order valence-electron chi connectivity index (χ2n) is 3.52. The fraction of sp³-hybridized carbons (Fsp3) is 0.417. The van der Waals surface area contributed by atoms with E-state index >= 15 is 0 Å². The van der Waals surface area contributed by atoms with E-state index in [1.54, 1.807) is 0 Å². The Morgan fingerprint density at radius 1 is 1.33 bits per heavy atom. The van der Waals surface area contributed by atoms with Crippen molar-refractivity contribution in [1.82, 2.24) is 4.90 Å². The van der Waals surface area contributed by atoms with Crippen LogP contribution in [0.2, 0.25) is 0 Å². The standard InChI is InChI=1S/C12H14Cl2FNO2/c1-18-11-8-9(2-3-10(11)15)12(17)16(6-4-13)7-5-14/h2-3,8H,4-7H2,1H3. The predicted molar refractivity (Wildman–Crippen MR) is 70.3 cm³/mol. The number of carbonyl (C=O) groups excluding carboxylic acids is 1. The van der Waals surface area contributed by atoms with Crippen molar-refractivity contribution in [3.63, 3.8) is 0 Å². The van der Waals surface area contributed by atoms with Gasteiger partial charge in [0.2, 0.25) is 0 Å². The Hall–Kier alpha value is -1.00. The van der Waals surface area contributed by atoms with Gasteiger partial charge in [0.25, 0.3) is 5.91 Å². The fourth-order valence-corrected chi connectivity index (χ4v) is 1.90. The van der Waals surface area contributed by atoms with Gasteiger partial charge in [0.05, 0.1) is 7.11 Å². The second kappa shape index (κ2) is 7.44. The molecule has 1 aromatic rings. The van der Waals surface area contributed by atoms with E-state index in [1.165, 1.54) is 30.2 Å². The highest BCUT2D eigenvalue weighted by Crippen LogP contribution is 2.19. The van der Waals surface area contributed by atoms with Gasteiger partial charge in [0, 0.05) is 30.4 Å². The number of hydrogen-bond donors (Lipinski definition) is 0. The molecule has 0 bridgehead atoms. The van der Waals surface area contributed by atoms with Gasteiger partial charge in [0.1, 0.15) is 0 Å². The molecule has 0 aliphatic rings. The summed E-state index contributed by atoms with van der Waals surface area (Å²) < 4.78 is 18.1. The van der Waals surface area contributed by atoms with Crippen molar-refractivity contribution >= 4 is 29.1 Å². The van der Waals surface area contributed by atoms with Crippen LogP contribution >= 0.6 is 23.2 Å². The maximum Gasteiger partial charge on any atom is 0.254 e. The van der Waals surface area contributed by atoms with Crippen molar-refractivity contribution in [3.05, 3.63) is 29.6 Å². The minimum Gasteiger partial charge on any atom is -0.494 e. The van der Waals surface area contributed by atoms with Crippen LogP contribution in [0.4, 0.5) is 4.39 Å². The summed E-state index contributed by atoms with van der Waals surface area (Å²) in [5.41, 5.74) is 0.350. The van der Waals surface area contributed by atoms with E-state index < -0.39 is 5.82 Å². The molecule has 1 amide bonds. The monoisotopic (exact) mass is 293 g/mol. The number of hydrogen-bond acceptors (Lipinski definition) is 2. The van der Waals surface area contributed by atoms with Gasteiger partial charge in [0.15, 0.2) is 11.6 Å². The second-order valence-corrected chi connectivity index (χ2v) is 4.28. The minimum absolute atomic E-state index is 0.0394. The molecular formula is C12H14Cl2FNO2. The molecule has 0 saturated carbocycles. The first-order valence-corrected chi connectivity index (χ1v) is 6.45. The zero-order valence-electron chi connectivity index (χ0n) is 9.96. The van der Waals surface area contributed by atoms with Crippen molar-refractivity contribution in [2.45, 2.75) is 0 Å². The first kappa shape index (κ1) is 15.1. The number of rotatable bonds is 6. The van der Waals surface area contributed by atoms with Crippen molar-refractivity contribution in [1.29, 1.82) is 0 Å². The lowest BCUT2D eigenvalue weighted by atomic mass is 10.2. The summed E-state index contributed by atoms with van der Waals surface area (Å²) in [6, 6.07) is 3.98. The quantitative estimate of drug-likeness (QED) is 0.755. The number of nitrogens with zero attached hydrogens (tertiary/aromatic N) is 1. The Morgan fingerprint density at radius 2 is 1.94 bits per heavy atom. The highest BCUT2D eigenvalue weighted by atomic mass is 35.5. The van der Waals surface area contributed by atoms with Crippen LogP contribution < -0.4 is 4.74 Å². The van der Waals surface area contributed by atoms with Crippen LogP contribution in [-0.4, -0.2) is 42.8 Å². The first-order chi connectivity index (χ1) is 8.63. The Kier molecular flexibility index (Phi) is 6.22. The predicted octanol–water partition coefficient (Wildman–Crippen LogP) is 2.75. The highest BCUT2D eigenvalue weighted by Gasteiger charge is 2.16. The van der Waals surface area contributed by atoms with Gasteiger partial charge >= 0.3 is 0 Å². The number of benzene rings is 1. The van der Waals surface area contributed by atoms with E-state index in [9.17, 15) is 9.18 Å². The number of carbonyl (C=O) groups is 1. The average molecular weight is 294 g/mol. The molecule has 3 nitrogen and oxygen atoms in total. The van der Waals surface area contributed by atoms with Gasteiger partial charge in [-0.3, -0.25) is 4.79 Å². The molecule has 1 rings (SSSR count). The average Bonchev–Trinajstić information content (AvgIpc) is 2.38. The molecule has 0 radical (unpaired) electrons. The SMILES string of the molecule is COc1cc(C(=O)N(CCCl)CCCl)ccc1F. The lowest BCUT2D eigenvalue weighted by molar-refractivity contribution is 0.0774.